The van der Waals surface area contributed by atoms with E-state index < -0.39 is 11.6 Å². The van der Waals surface area contributed by atoms with Crippen molar-refractivity contribution in [1.82, 2.24) is 0 Å². The van der Waals surface area contributed by atoms with Gasteiger partial charge in [0.2, 0.25) is 0 Å². The van der Waals surface area contributed by atoms with Gasteiger partial charge in [0.25, 0.3) is 0 Å². The molecule has 0 radical (unpaired) electrons. The second-order valence-corrected chi connectivity index (χ2v) is 5.73. The van der Waals surface area contributed by atoms with Gasteiger partial charge in [-0.05, 0) is 11.8 Å². The molecule has 1 aliphatic heterocycles. The number of aliphatic hydroxyl groups excluding tert-OH is 2. The van der Waals surface area contributed by atoms with Gasteiger partial charge in [-0.3, -0.25) is 0 Å². The van der Waals surface area contributed by atoms with Gasteiger partial charge in [0.1, 0.15) is 0 Å². The van der Waals surface area contributed by atoms with Gasteiger partial charge in [0, 0.05) is 12.0 Å². The fourth-order valence-electron chi connectivity index (χ4n) is 2.32. The number of hydrogen-bond acceptors (Lipinski definition) is 4. The van der Waals surface area contributed by atoms with Gasteiger partial charge in [-0.1, -0.05) is 45.4 Å². The molecule has 0 bridgehead atoms. The molecule has 19 heavy (non-hydrogen) atoms. The molecule has 4 nitrogen and oxygen atoms in total. The van der Waals surface area contributed by atoms with E-state index in [9.17, 15) is 15.0 Å². The lowest BCUT2D eigenvalue weighted by molar-refractivity contribution is -0.154. The van der Waals surface area contributed by atoms with Crippen LogP contribution in [0.4, 0.5) is 0 Å². The van der Waals surface area contributed by atoms with Crippen LogP contribution in [0.3, 0.4) is 0 Å². The molecule has 0 aromatic rings. The van der Waals surface area contributed by atoms with Gasteiger partial charge >= 0.3 is 5.97 Å². The number of carbonyl (C=O) groups is 1. The zero-order valence-corrected chi connectivity index (χ0v) is 12.1. The summed E-state index contributed by atoms with van der Waals surface area (Å²) in [5.41, 5.74) is 0.611. The average molecular weight is 268 g/mol. The summed E-state index contributed by atoms with van der Waals surface area (Å²) in [6, 6.07) is 0. The summed E-state index contributed by atoms with van der Waals surface area (Å²) in [7, 11) is 0. The van der Waals surface area contributed by atoms with E-state index in [1.165, 1.54) is 5.57 Å². The Kier molecular flexibility index (Phi) is 5.32. The lowest BCUT2D eigenvalue weighted by Gasteiger charge is -2.21. The van der Waals surface area contributed by atoms with Crippen LogP contribution in [0, 0.1) is 11.8 Å². The number of esters is 1. The molecule has 1 fully saturated rings. The number of ether oxygens (including phenoxy) is 1. The van der Waals surface area contributed by atoms with Gasteiger partial charge in [-0.15, -0.1) is 0 Å². The fourth-order valence-corrected chi connectivity index (χ4v) is 2.32. The lowest BCUT2D eigenvalue weighted by atomic mass is 9.91. The van der Waals surface area contributed by atoms with Crippen LogP contribution in [-0.4, -0.2) is 35.0 Å². The molecule has 1 heterocycles. The predicted molar refractivity (Wildman–Crippen MR) is 73.5 cm³/mol. The minimum Gasteiger partial charge on any atom is -0.450 e. The van der Waals surface area contributed by atoms with E-state index in [4.69, 9.17) is 4.74 Å². The molecule has 0 aromatic carbocycles. The van der Waals surface area contributed by atoms with Crippen molar-refractivity contribution in [3.63, 3.8) is 0 Å². The lowest BCUT2D eigenvalue weighted by Crippen LogP contribution is -2.37. The third kappa shape index (κ3) is 3.67. The molecule has 0 atom stereocenters. The van der Waals surface area contributed by atoms with Crippen LogP contribution in [-0.2, 0) is 9.53 Å². The Bertz CT molecular complexity index is 377. The molecule has 4 heteroatoms. The number of hydrogen-bond donors (Lipinski definition) is 2. The zero-order chi connectivity index (χ0) is 14.6. The third-order valence-corrected chi connectivity index (χ3v) is 3.47. The summed E-state index contributed by atoms with van der Waals surface area (Å²) >= 11 is 0. The van der Waals surface area contributed by atoms with Crippen LogP contribution >= 0.6 is 0 Å². The maximum atomic E-state index is 11.7. The van der Waals surface area contributed by atoms with E-state index in [-0.39, 0.29) is 19.6 Å². The first-order valence-corrected chi connectivity index (χ1v) is 6.71. The van der Waals surface area contributed by atoms with Gasteiger partial charge < -0.3 is 14.9 Å². The SMILES string of the molecule is CC(C)C(=C/C=C1\CC(CO)(CO)OC1=O)C(C)C. The Morgan fingerprint density at radius 3 is 2.16 bits per heavy atom. The standard InChI is InChI=1S/C15H24O4/c1-10(2)13(11(3)4)6-5-12-7-15(8-16,9-17)19-14(12)18/h5-6,10-11,16-17H,7-9H2,1-4H3/b12-5+. The zero-order valence-electron chi connectivity index (χ0n) is 12.1. The van der Waals surface area contributed by atoms with E-state index in [1.54, 1.807) is 6.08 Å². The highest BCUT2D eigenvalue weighted by atomic mass is 16.6. The summed E-state index contributed by atoms with van der Waals surface area (Å²) in [6.45, 7) is 7.73. The second kappa shape index (κ2) is 6.35. The first kappa shape index (κ1) is 15.9. The molecule has 0 spiro atoms. The minimum atomic E-state index is -1.15. The number of rotatable bonds is 5. The molecule has 2 N–H and O–H groups in total. The van der Waals surface area contributed by atoms with Crippen LogP contribution in [0.1, 0.15) is 34.1 Å². The molecule has 1 rings (SSSR count). The summed E-state index contributed by atoms with van der Waals surface area (Å²) in [5.74, 6) is 0.371. The number of aliphatic hydroxyl groups is 2. The van der Waals surface area contributed by atoms with Crippen LogP contribution < -0.4 is 0 Å². The molecular formula is C15H24O4. The number of carbonyl (C=O) groups excluding carboxylic acids is 1. The van der Waals surface area contributed by atoms with Gasteiger partial charge in [-0.25, -0.2) is 4.79 Å². The first-order valence-electron chi connectivity index (χ1n) is 6.71. The van der Waals surface area contributed by atoms with E-state index in [0.717, 1.165) is 0 Å². The second-order valence-electron chi connectivity index (χ2n) is 5.73. The Morgan fingerprint density at radius 2 is 1.79 bits per heavy atom. The largest absolute Gasteiger partial charge is 0.450 e. The van der Waals surface area contributed by atoms with E-state index >= 15 is 0 Å². The Hall–Kier alpha value is -1.13. The number of cyclic esters (lactones) is 1. The topological polar surface area (TPSA) is 66.8 Å². The summed E-state index contributed by atoms with van der Waals surface area (Å²) < 4.78 is 5.08. The summed E-state index contributed by atoms with van der Waals surface area (Å²) in [5, 5.41) is 18.5. The van der Waals surface area contributed by atoms with E-state index in [0.29, 0.717) is 17.4 Å². The fraction of sp³-hybridized carbons (Fsp3) is 0.667. The summed E-state index contributed by atoms with van der Waals surface area (Å²) in [4.78, 5) is 11.7. The Labute approximate surface area is 114 Å². The molecular weight excluding hydrogens is 244 g/mol. The molecule has 1 saturated heterocycles. The average Bonchev–Trinajstić information content (AvgIpc) is 2.66. The molecule has 0 amide bonds. The highest BCUT2D eigenvalue weighted by Gasteiger charge is 2.42. The highest BCUT2D eigenvalue weighted by molar-refractivity contribution is 5.91. The third-order valence-electron chi connectivity index (χ3n) is 3.47. The molecule has 0 aliphatic carbocycles. The van der Waals surface area contributed by atoms with Crippen molar-refractivity contribution in [3.8, 4) is 0 Å². The van der Waals surface area contributed by atoms with Crippen LogP contribution in [0.2, 0.25) is 0 Å². The van der Waals surface area contributed by atoms with Crippen LogP contribution in [0.5, 0.6) is 0 Å². The van der Waals surface area contributed by atoms with E-state index in [2.05, 4.69) is 27.7 Å². The van der Waals surface area contributed by atoms with Crippen LogP contribution in [0.25, 0.3) is 0 Å². The van der Waals surface area contributed by atoms with Crippen molar-refractivity contribution >= 4 is 5.97 Å². The molecule has 0 unspecified atom stereocenters. The Morgan fingerprint density at radius 1 is 1.26 bits per heavy atom. The maximum absolute atomic E-state index is 11.7. The molecule has 1 aliphatic rings. The van der Waals surface area contributed by atoms with Gasteiger partial charge in [0.05, 0.1) is 13.2 Å². The van der Waals surface area contributed by atoms with Crippen molar-refractivity contribution in [1.29, 1.82) is 0 Å². The maximum Gasteiger partial charge on any atom is 0.334 e. The molecule has 0 saturated carbocycles. The summed E-state index contributed by atoms with van der Waals surface area (Å²) in [6.07, 6.45) is 3.96. The number of allylic oxidation sites excluding steroid dienone is 3. The van der Waals surface area contributed by atoms with Gasteiger partial charge in [0.15, 0.2) is 5.60 Å². The van der Waals surface area contributed by atoms with E-state index in [1.807, 2.05) is 6.08 Å². The van der Waals surface area contributed by atoms with Crippen molar-refractivity contribution < 1.29 is 19.7 Å². The van der Waals surface area contributed by atoms with Crippen LogP contribution in [0.15, 0.2) is 23.3 Å². The smallest absolute Gasteiger partial charge is 0.334 e. The van der Waals surface area contributed by atoms with Crippen molar-refractivity contribution in [2.45, 2.75) is 39.7 Å². The predicted octanol–water partition coefficient (Wildman–Crippen LogP) is 1.82. The Balaban J connectivity index is 2.95. The molecule has 108 valence electrons. The van der Waals surface area contributed by atoms with Gasteiger partial charge in [-0.2, -0.15) is 0 Å². The quantitative estimate of drug-likeness (QED) is 0.589. The minimum absolute atomic E-state index is 0.249. The normalized spacial score (nSPS) is 20.2. The monoisotopic (exact) mass is 268 g/mol. The van der Waals surface area contributed by atoms with Crippen molar-refractivity contribution in [3.05, 3.63) is 23.3 Å². The van der Waals surface area contributed by atoms with Crippen molar-refractivity contribution in [2.75, 3.05) is 13.2 Å². The first-order chi connectivity index (χ1) is 8.85. The molecule has 0 aromatic heterocycles. The van der Waals surface area contributed by atoms with Crippen molar-refractivity contribution in [2.24, 2.45) is 11.8 Å². The highest BCUT2D eigenvalue weighted by Crippen LogP contribution is 2.30.